The monoisotopic (exact) mass is 345 g/mol. The molecule has 1 amide bonds. The number of amides is 1. The minimum Gasteiger partial charge on any atom is -0.484 e. The number of rotatable bonds is 5. The molecule has 0 aliphatic heterocycles. The summed E-state index contributed by atoms with van der Waals surface area (Å²) in [6, 6.07) is 14.3. The standard InChI is InChI=1S/C16H12ClN3O2S/c17-12-2-1-3-14(8-12)22-9-16(21)18-13-6-4-11(5-7-13)15-10-23-20-19-15/h1-8,10H,9H2,(H,18,21). The van der Waals surface area contributed by atoms with Crippen LogP contribution in [0.2, 0.25) is 5.02 Å². The Morgan fingerprint density at radius 1 is 1.22 bits per heavy atom. The maximum Gasteiger partial charge on any atom is 0.262 e. The van der Waals surface area contributed by atoms with E-state index in [1.807, 2.05) is 29.6 Å². The van der Waals surface area contributed by atoms with Gasteiger partial charge in [-0.25, -0.2) is 0 Å². The molecule has 116 valence electrons. The second kappa shape index (κ2) is 7.21. The highest BCUT2D eigenvalue weighted by molar-refractivity contribution is 7.03. The zero-order valence-corrected chi connectivity index (χ0v) is 13.5. The number of aromatic nitrogens is 2. The van der Waals surface area contributed by atoms with Crippen LogP contribution in [0.5, 0.6) is 5.75 Å². The summed E-state index contributed by atoms with van der Waals surface area (Å²) in [5.74, 6) is 0.312. The summed E-state index contributed by atoms with van der Waals surface area (Å²) >= 11 is 7.16. The third-order valence-electron chi connectivity index (χ3n) is 2.99. The van der Waals surface area contributed by atoms with E-state index >= 15 is 0 Å². The number of carbonyl (C=O) groups excluding carboxylic acids is 1. The molecular formula is C16H12ClN3O2S. The van der Waals surface area contributed by atoms with Gasteiger partial charge >= 0.3 is 0 Å². The van der Waals surface area contributed by atoms with E-state index in [0.717, 1.165) is 11.3 Å². The van der Waals surface area contributed by atoms with Crippen molar-refractivity contribution in [1.29, 1.82) is 0 Å². The van der Waals surface area contributed by atoms with E-state index in [-0.39, 0.29) is 12.5 Å². The van der Waals surface area contributed by atoms with Crippen molar-refractivity contribution in [3.05, 3.63) is 58.9 Å². The van der Waals surface area contributed by atoms with E-state index in [0.29, 0.717) is 16.5 Å². The average molecular weight is 346 g/mol. The van der Waals surface area contributed by atoms with Crippen molar-refractivity contribution in [2.24, 2.45) is 0 Å². The number of hydrogen-bond acceptors (Lipinski definition) is 5. The molecule has 2 aromatic carbocycles. The number of nitrogens with zero attached hydrogens (tertiary/aromatic N) is 2. The lowest BCUT2D eigenvalue weighted by atomic mass is 10.1. The van der Waals surface area contributed by atoms with Crippen molar-refractivity contribution < 1.29 is 9.53 Å². The summed E-state index contributed by atoms with van der Waals surface area (Å²) < 4.78 is 9.21. The minimum atomic E-state index is -0.243. The number of benzene rings is 2. The van der Waals surface area contributed by atoms with Crippen molar-refractivity contribution in [2.75, 3.05) is 11.9 Å². The molecule has 0 saturated heterocycles. The van der Waals surface area contributed by atoms with Gasteiger partial charge in [0, 0.05) is 21.7 Å². The Kier molecular flexibility index (Phi) is 4.85. The van der Waals surface area contributed by atoms with Crippen molar-refractivity contribution in [1.82, 2.24) is 9.59 Å². The van der Waals surface area contributed by atoms with E-state index in [2.05, 4.69) is 14.9 Å². The van der Waals surface area contributed by atoms with Crippen molar-refractivity contribution >= 4 is 34.7 Å². The Balaban J connectivity index is 1.55. The van der Waals surface area contributed by atoms with E-state index in [9.17, 15) is 4.79 Å². The lowest BCUT2D eigenvalue weighted by Gasteiger charge is -2.08. The van der Waals surface area contributed by atoms with Gasteiger partial charge in [-0.1, -0.05) is 34.3 Å². The Bertz CT molecular complexity index is 791. The molecule has 0 bridgehead atoms. The van der Waals surface area contributed by atoms with E-state index in [1.165, 1.54) is 11.5 Å². The molecule has 1 aromatic heterocycles. The third kappa shape index (κ3) is 4.28. The first kappa shape index (κ1) is 15.5. The van der Waals surface area contributed by atoms with Crippen LogP contribution in [0.3, 0.4) is 0 Å². The Morgan fingerprint density at radius 3 is 2.74 bits per heavy atom. The highest BCUT2D eigenvalue weighted by atomic mass is 35.5. The molecule has 0 spiro atoms. The fourth-order valence-electron chi connectivity index (χ4n) is 1.92. The van der Waals surface area contributed by atoms with Crippen LogP contribution < -0.4 is 10.1 Å². The molecule has 0 unspecified atom stereocenters. The van der Waals surface area contributed by atoms with E-state index in [1.54, 1.807) is 24.3 Å². The molecule has 1 N–H and O–H groups in total. The molecule has 0 radical (unpaired) electrons. The van der Waals surface area contributed by atoms with Gasteiger partial charge in [0.05, 0.1) is 0 Å². The predicted octanol–water partition coefficient (Wildman–Crippen LogP) is 3.88. The van der Waals surface area contributed by atoms with Gasteiger partial charge in [-0.2, -0.15) is 0 Å². The lowest BCUT2D eigenvalue weighted by molar-refractivity contribution is -0.118. The topological polar surface area (TPSA) is 64.1 Å². The minimum absolute atomic E-state index is 0.0852. The Morgan fingerprint density at radius 2 is 2.04 bits per heavy atom. The maximum absolute atomic E-state index is 11.9. The number of ether oxygens (including phenoxy) is 1. The van der Waals surface area contributed by atoms with Crippen molar-refractivity contribution in [3.8, 4) is 17.0 Å². The van der Waals surface area contributed by atoms with Gasteiger partial charge in [-0.15, -0.1) is 5.10 Å². The number of halogens is 1. The summed E-state index contributed by atoms with van der Waals surface area (Å²) in [6.07, 6.45) is 0. The summed E-state index contributed by atoms with van der Waals surface area (Å²) in [4.78, 5) is 11.9. The van der Waals surface area contributed by atoms with Crippen LogP contribution in [0.15, 0.2) is 53.9 Å². The van der Waals surface area contributed by atoms with Gasteiger partial charge in [0.15, 0.2) is 6.61 Å². The molecule has 0 fully saturated rings. The first-order chi connectivity index (χ1) is 11.2. The van der Waals surface area contributed by atoms with Gasteiger partial charge in [-0.05, 0) is 41.9 Å². The number of nitrogens with one attached hydrogen (secondary N) is 1. The molecule has 0 aliphatic carbocycles. The zero-order valence-electron chi connectivity index (χ0n) is 11.9. The third-order valence-corrected chi connectivity index (χ3v) is 3.73. The van der Waals surface area contributed by atoms with Crippen molar-refractivity contribution in [3.63, 3.8) is 0 Å². The number of hydrogen-bond donors (Lipinski definition) is 1. The van der Waals surface area contributed by atoms with Gasteiger partial charge in [0.25, 0.3) is 5.91 Å². The summed E-state index contributed by atoms with van der Waals surface area (Å²) in [6.45, 7) is -0.0852. The van der Waals surface area contributed by atoms with Crippen LogP contribution in [0.4, 0.5) is 5.69 Å². The number of carbonyl (C=O) groups is 1. The van der Waals surface area contributed by atoms with Crippen LogP contribution in [0.1, 0.15) is 0 Å². The molecule has 7 heteroatoms. The zero-order chi connectivity index (χ0) is 16.1. The maximum atomic E-state index is 11.9. The summed E-state index contributed by atoms with van der Waals surface area (Å²) in [5.41, 5.74) is 2.46. The van der Waals surface area contributed by atoms with Crippen molar-refractivity contribution in [2.45, 2.75) is 0 Å². The van der Waals surface area contributed by atoms with Gasteiger partial charge in [0.2, 0.25) is 0 Å². The van der Waals surface area contributed by atoms with Crippen LogP contribution >= 0.6 is 23.1 Å². The van der Waals surface area contributed by atoms with Crippen LogP contribution in [0.25, 0.3) is 11.3 Å². The Labute approximate surface area is 142 Å². The van der Waals surface area contributed by atoms with E-state index in [4.69, 9.17) is 16.3 Å². The molecule has 3 aromatic rings. The predicted molar refractivity (Wildman–Crippen MR) is 90.9 cm³/mol. The second-order valence-corrected chi connectivity index (χ2v) is 5.71. The lowest BCUT2D eigenvalue weighted by Crippen LogP contribution is -2.20. The Hall–Kier alpha value is -2.44. The molecule has 0 atom stereocenters. The normalized spacial score (nSPS) is 10.3. The van der Waals surface area contributed by atoms with Gasteiger partial charge in [0.1, 0.15) is 11.4 Å². The van der Waals surface area contributed by atoms with E-state index < -0.39 is 0 Å². The fourth-order valence-corrected chi connectivity index (χ4v) is 2.56. The van der Waals surface area contributed by atoms with Gasteiger partial charge < -0.3 is 10.1 Å². The molecule has 1 heterocycles. The first-order valence-electron chi connectivity index (χ1n) is 6.76. The highest BCUT2D eigenvalue weighted by Crippen LogP contribution is 2.20. The van der Waals surface area contributed by atoms with Gasteiger partial charge in [-0.3, -0.25) is 4.79 Å². The first-order valence-corrected chi connectivity index (χ1v) is 7.98. The molecule has 23 heavy (non-hydrogen) atoms. The summed E-state index contributed by atoms with van der Waals surface area (Å²) in [7, 11) is 0. The van der Waals surface area contributed by atoms with Crippen LogP contribution in [0, 0.1) is 0 Å². The van der Waals surface area contributed by atoms with Crippen LogP contribution in [-0.4, -0.2) is 22.1 Å². The quantitative estimate of drug-likeness (QED) is 0.762. The SMILES string of the molecule is O=C(COc1cccc(Cl)c1)Nc1ccc(-c2csnn2)cc1. The largest absolute Gasteiger partial charge is 0.484 e. The highest BCUT2D eigenvalue weighted by Gasteiger charge is 2.05. The smallest absolute Gasteiger partial charge is 0.262 e. The van der Waals surface area contributed by atoms with Crippen LogP contribution in [-0.2, 0) is 4.79 Å². The molecule has 0 aliphatic rings. The molecular weight excluding hydrogens is 334 g/mol. The molecule has 5 nitrogen and oxygen atoms in total. The second-order valence-electron chi connectivity index (χ2n) is 4.66. The average Bonchev–Trinajstić information content (AvgIpc) is 3.08. The fraction of sp³-hybridized carbons (Fsp3) is 0.0625. The molecule has 3 rings (SSSR count). The molecule has 0 saturated carbocycles. The number of anilines is 1. The summed E-state index contributed by atoms with van der Waals surface area (Å²) in [5, 5.41) is 9.20.